The molecule has 154 valence electrons. The van der Waals surface area contributed by atoms with Gasteiger partial charge in [-0.15, -0.1) is 0 Å². The summed E-state index contributed by atoms with van der Waals surface area (Å²) in [5.74, 6) is -0.644. The van der Waals surface area contributed by atoms with Gasteiger partial charge in [-0.2, -0.15) is 5.10 Å². The number of hydrogen-bond acceptors (Lipinski definition) is 6. The topological polar surface area (TPSA) is 132 Å². The van der Waals surface area contributed by atoms with Crippen LogP contribution in [-0.4, -0.2) is 33.4 Å². The highest BCUT2D eigenvalue weighted by Crippen LogP contribution is 2.27. The number of nitro groups is 1. The Kier molecular flexibility index (Phi) is 6.06. The Balaban J connectivity index is 1.64. The first-order chi connectivity index (χ1) is 14.4. The van der Waals surface area contributed by atoms with Crippen molar-refractivity contribution in [3.8, 4) is 11.4 Å². The van der Waals surface area contributed by atoms with E-state index in [1.54, 1.807) is 32.0 Å². The summed E-state index contributed by atoms with van der Waals surface area (Å²) in [5.41, 5.74) is 3.93. The van der Waals surface area contributed by atoms with Crippen molar-refractivity contribution in [3.63, 3.8) is 0 Å². The summed E-state index contributed by atoms with van der Waals surface area (Å²) in [5, 5.41) is 17.8. The lowest BCUT2D eigenvalue weighted by Gasteiger charge is -2.06. The van der Waals surface area contributed by atoms with Gasteiger partial charge in [-0.3, -0.25) is 24.8 Å². The molecule has 0 radical (unpaired) electrons. The van der Waals surface area contributed by atoms with Crippen LogP contribution in [0.15, 0.2) is 58.4 Å². The van der Waals surface area contributed by atoms with E-state index in [0.717, 1.165) is 0 Å². The van der Waals surface area contributed by atoms with Crippen molar-refractivity contribution < 1.29 is 14.5 Å². The Morgan fingerprint density at radius 1 is 1.27 bits per heavy atom. The average molecular weight is 409 g/mol. The van der Waals surface area contributed by atoms with Crippen LogP contribution in [-0.2, 0) is 4.79 Å². The highest BCUT2D eigenvalue weighted by atomic mass is 16.6. The molecule has 2 N–H and O–H groups in total. The average Bonchev–Trinajstić information content (AvgIpc) is 3.01. The molecule has 2 aromatic carbocycles. The predicted molar refractivity (Wildman–Crippen MR) is 110 cm³/mol. The predicted octanol–water partition coefficient (Wildman–Crippen LogP) is 2.22. The van der Waals surface area contributed by atoms with Gasteiger partial charge in [0, 0.05) is 11.8 Å². The zero-order chi connectivity index (χ0) is 21.7. The van der Waals surface area contributed by atoms with Gasteiger partial charge in [0.2, 0.25) is 0 Å². The molecule has 10 nitrogen and oxygen atoms in total. The fraction of sp³-hybridized carbons (Fsp3) is 0.150. The van der Waals surface area contributed by atoms with Crippen LogP contribution < -0.4 is 15.7 Å². The quantitative estimate of drug-likeness (QED) is 0.351. The standard InChI is InChI=1S/C20H19N5O5/c1-13-8-9-18(17(10-13)25(28)29)30-12-19(26)22-21-11-16-14(2)23-24(20(16)27)15-6-4-3-5-7-15/h3-11,23H,12H2,1-2H3,(H,22,26)/b21-11-. The number of aromatic nitrogens is 2. The molecular formula is C20H19N5O5. The summed E-state index contributed by atoms with van der Waals surface area (Å²) in [6, 6.07) is 13.5. The van der Waals surface area contributed by atoms with Crippen LogP contribution in [0.1, 0.15) is 16.8 Å². The highest BCUT2D eigenvalue weighted by Gasteiger charge is 2.16. The molecule has 0 aliphatic carbocycles. The van der Waals surface area contributed by atoms with Crippen LogP contribution in [0.2, 0.25) is 0 Å². The minimum atomic E-state index is -0.627. The maximum absolute atomic E-state index is 12.5. The van der Waals surface area contributed by atoms with E-state index in [0.29, 0.717) is 16.9 Å². The summed E-state index contributed by atoms with van der Waals surface area (Å²) in [6.07, 6.45) is 1.24. The third-order valence-electron chi connectivity index (χ3n) is 4.18. The van der Waals surface area contributed by atoms with Crippen molar-refractivity contribution in [1.29, 1.82) is 0 Å². The normalized spacial score (nSPS) is 10.9. The van der Waals surface area contributed by atoms with Crippen LogP contribution >= 0.6 is 0 Å². The minimum absolute atomic E-state index is 0.0167. The maximum atomic E-state index is 12.5. The van der Waals surface area contributed by atoms with Crippen LogP contribution in [0.25, 0.3) is 5.69 Å². The van der Waals surface area contributed by atoms with Crippen molar-refractivity contribution in [2.75, 3.05) is 6.61 Å². The first-order valence-corrected chi connectivity index (χ1v) is 8.93. The van der Waals surface area contributed by atoms with Crippen molar-refractivity contribution >= 4 is 17.8 Å². The van der Waals surface area contributed by atoms with Crippen LogP contribution in [0.5, 0.6) is 5.75 Å². The molecule has 10 heteroatoms. The van der Waals surface area contributed by atoms with E-state index in [1.807, 2.05) is 18.2 Å². The van der Waals surface area contributed by atoms with Gasteiger partial charge in [-0.25, -0.2) is 10.1 Å². The number of nitrogens with zero attached hydrogens (tertiary/aromatic N) is 3. The van der Waals surface area contributed by atoms with Crippen molar-refractivity contribution in [1.82, 2.24) is 15.2 Å². The number of aryl methyl sites for hydroxylation is 2. The smallest absolute Gasteiger partial charge is 0.311 e. The number of benzene rings is 2. The van der Waals surface area contributed by atoms with Gasteiger partial charge in [0.15, 0.2) is 12.4 Å². The van der Waals surface area contributed by atoms with Crippen molar-refractivity contribution in [3.05, 3.63) is 85.8 Å². The third kappa shape index (κ3) is 4.61. The molecule has 3 aromatic rings. The molecule has 0 aliphatic heterocycles. The van der Waals surface area contributed by atoms with Gasteiger partial charge >= 0.3 is 5.69 Å². The van der Waals surface area contributed by atoms with E-state index < -0.39 is 17.4 Å². The summed E-state index contributed by atoms with van der Waals surface area (Å²) < 4.78 is 6.60. The number of hydrogen-bond donors (Lipinski definition) is 2. The monoisotopic (exact) mass is 409 g/mol. The molecule has 0 aliphatic rings. The zero-order valence-electron chi connectivity index (χ0n) is 16.3. The van der Waals surface area contributed by atoms with Gasteiger partial charge in [-0.1, -0.05) is 24.3 Å². The van der Waals surface area contributed by atoms with E-state index in [-0.39, 0.29) is 22.6 Å². The van der Waals surface area contributed by atoms with Crippen molar-refractivity contribution in [2.24, 2.45) is 5.10 Å². The van der Waals surface area contributed by atoms with Crippen molar-refractivity contribution in [2.45, 2.75) is 13.8 Å². The van der Waals surface area contributed by atoms with Crippen LogP contribution in [0.4, 0.5) is 5.69 Å². The van der Waals surface area contributed by atoms with E-state index >= 15 is 0 Å². The molecular weight excluding hydrogens is 390 g/mol. The number of nitrogens with one attached hydrogen (secondary N) is 2. The molecule has 0 atom stereocenters. The number of amides is 1. The maximum Gasteiger partial charge on any atom is 0.311 e. The number of nitro benzene ring substituents is 1. The van der Waals surface area contributed by atoms with E-state index in [9.17, 15) is 19.7 Å². The second-order valence-electron chi connectivity index (χ2n) is 6.44. The number of carbonyl (C=O) groups is 1. The van der Waals surface area contributed by atoms with Crippen LogP contribution in [0.3, 0.4) is 0 Å². The Hall–Kier alpha value is -4.21. The Bertz CT molecular complexity index is 1160. The second-order valence-corrected chi connectivity index (χ2v) is 6.44. The Morgan fingerprint density at radius 2 is 2.00 bits per heavy atom. The Morgan fingerprint density at radius 3 is 2.70 bits per heavy atom. The Labute approximate surface area is 170 Å². The summed E-state index contributed by atoms with van der Waals surface area (Å²) in [7, 11) is 0. The molecule has 30 heavy (non-hydrogen) atoms. The number of H-pyrrole nitrogens is 1. The SMILES string of the molecule is Cc1ccc(OCC(=O)N/N=C\c2c(C)[nH]n(-c3ccccc3)c2=O)c([N+](=O)[O-])c1. The van der Waals surface area contributed by atoms with Gasteiger partial charge < -0.3 is 4.74 Å². The zero-order valence-corrected chi connectivity index (χ0v) is 16.3. The van der Waals surface area contributed by atoms with E-state index in [4.69, 9.17) is 4.74 Å². The first-order valence-electron chi connectivity index (χ1n) is 8.93. The number of hydrazone groups is 1. The lowest BCUT2D eigenvalue weighted by Crippen LogP contribution is -2.25. The first kappa shape index (κ1) is 20.5. The van der Waals surface area contributed by atoms with E-state index in [2.05, 4.69) is 15.6 Å². The molecule has 0 bridgehead atoms. The molecule has 0 spiro atoms. The number of para-hydroxylation sites is 1. The molecule has 1 amide bonds. The molecule has 0 saturated heterocycles. The van der Waals surface area contributed by atoms with E-state index in [1.165, 1.54) is 23.0 Å². The highest BCUT2D eigenvalue weighted by molar-refractivity contribution is 5.83. The summed E-state index contributed by atoms with van der Waals surface area (Å²) in [6.45, 7) is 2.96. The van der Waals surface area contributed by atoms with Crippen LogP contribution in [0, 0.1) is 24.0 Å². The fourth-order valence-corrected chi connectivity index (χ4v) is 2.71. The summed E-state index contributed by atoms with van der Waals surface area (Å²) >= 11 is 0. The van der Waals surface area contributed by atoms with Gasteiger partial charge in [0.1, 0.15) is 0 Å². The third-order valence-corrected chi connectivity index (χ3v) is 4.18. The molecule has 3 rings (SSSR count). The lowest BCUT2D eigenvalue weighted by molar-refractivity contribution is -0.385. The number of rotatable bonds is 7. The number of aromatic amines is 1. The van der Waals surface area contributed by atoms with Gasteiger partial charge in [-0.05, 0) is 37.6 Å². The van der Waals surface area contributed by atoms with Gasteiger partial charge in [0.05, 0.1) is 22.4 Å². The molecule has 1 heterocycles. The molecule has 0 saturated carbocycles. The fourth-order valence-electron chi connectivity index (χ4n) is 2.71. The molecule has 1 aromatic heterocycles. The largest absolute Gasteiger partial charge is 0.477 e. The summed E-state index contributed by atoms with van der Waals surface area (Å²) in [4.78, 5) is 35.0. The lowest BCUT2D eigenvalue weighted by atomic mass is 10.2. The molecule has 0 unspecified atom stereocenters. The molecule has 0 fully saturated rings. The number of ether oxygens (including phenoxy) is 1. The number of carbonyl (C=O) groups excluding carboxylic acids is 1. The van der Waals surface area contributed by atoms with Gasteiger partial charge in [0.25, 0.3) is 11.5 Å². The minimum Gasteiger partial charge on any atom is -0.477 e. The second kappa shape index (κ2) is 8.86.